The minimum atomic E-state index is -3.45. The number of carbonyl (C=O) groups excluding carboxylic acids is 1. The second-order valence-electron chi connectivity index (χ2n) is 4.75. The normalized spacial score (nSPS) is 11.6. The van der Waals surface area contributed by atoms with Gasteiger partial charge in [-0.15, -0.1) is 0 Å². The monoisotopic (exact) mass is 284 g/mol. The lowest BCUT2D eigenvalue weighted by molar-refractivity contribution is 0.0953. The quantitative estimate of drug-likeness (QED) is 0.770. The van der Waals surface area contributed by atoms with Crippen LogP contribution in [-0.2, 0) is 10.0 Å². The molecule has 0 aromatic heterocycles. The van der Waals surface area contributed by atoms with Gasteiger partial charge in [0.05, 0.1) is 5.75 Å². The molecule has 0 bridgehead atoms. The second kappa shape index (κ2) is 6.68. The van der Waals surface area contributed by atoms with Gasteiger partial charge >= 0.3 is 0 Å². The van der Waals surface area contributed by atoms with Crippen molar-refractivity contribution in [1.82, 2.24) is 5.32 Å². The fraction of sp³-hybridized carbons (Fsp3) is 0.462. The molecule has 6 heteroatoms. The molecule has 19 heavy (non-hydrogen) atoms. The van der Waals surface area contributed by atoms with E-state index in [0.29, 0.717) is 24.4 Å². The van der Waals surface area contributed by atoms with Crippen molar-refractivity contribution in [3.8, 4) is 0 Å². The van der Waals surface area contributed by atoms with Gasteiger partial charge in [0.1, 0.15) is 0 Å². The molecule has 0 spiro atoms. The van der Waals surface area contributed by atoms with Gasteiger partial charge in [0.15, 0.2) is 0 Å². The van der Waals surface area contributed by atoms with Crippen LogP contribution in [0.5, 0.6) is 0 Å². The van der Waals surface area contributed by atoms with Crippen LogP contribution in [0.1, 0.15) is 42.1 Å². The zero-order chi connectivity index (χ0) is 14.5. The molecule has 0 heterocycles. The van der Waals surface area contributed by atoms with Crippen LogP contribution in [0.3, 0.4) is 0 Å². The third-order valence-corrected chi connectivity index (χ3v) is 3.59. The molecular weight excluding hydrogens is 264 g/mol. The van der Waals surface area contributed by atoms with Crippen molar-refractivity contribution in [3.63, 3.8) is 0 Å². The second-order valence-corrected chi connectivity index (χ2v) is 6.49. The SMILES string of the molecule is CC(C)c1ccc(C(=O)NCCCS(N)(=O)=O)cc1. The highest BCUT2D eigenvalue weighted by molar-refractivity contribution is 7.89. The molecule has 1 rings (SSSR count). The average molecular weight is 284 g/mol. The third kappa shape index (κ3) is 5.85. The van der Waals surface area contributed by atoms with Crippen LogP contribution in [0.4, 0.5) is 0 Å². The molecule has 0 atom stereocenters. The number of hydrogen-bond acceptors (Lipinski definition) is 3. The van der Waals surface area contributed by atoms with Crippen LogP contribution >= 0.6 is 0 Å². The van der Waals surface area contributed by atoms with E-state index in [2.05, 4.69) is 19.2 Å². The van der Waals surface area contributed by atoms with E-state index in [1.54, 1.807) is 12.1 Å². The maximum absolute atomic E-state index is 11.8. The molecule has 0 fully saturated rings. The van der Waals surface area contributed by atoms with E-state index in [1.165, 1.54) is 5.56 Å². The third-order valence-electron chi connectivity index (χ3n) is 2.73. The number of carbonyl (C=O) groups is 1. The molecule has 0 aliphatic heterocycles. The molecule has 0 saturated heterocycles. The average Bonchev–Trinajstić information content (AvgIpc) is 2.33. The fourth-order valence-corrected chi connectivity index (χ4v) is 2.14. The summed E-state index contributed by atoms with van der Waals surface area (Å²) in [6.45, 7) is 4.46. The number of rotatable bonds is 6. The molecule has 0 aliphatic carbocycles. The number of amides is 1. The molecule has 1 amide bonds. The molecule has 0 radical (unpaired) electrons. The molecule has 106 valence electrons. The van der Waals surface area contributed by atoms with Gasteiger partial charge in [-0.3, -0.25) is 4.79 Å². The van der Waals surface area contributed by atoms with Crippen molar-refractivity contribution in [3.05, 3.63) is 35.4 Å². The Kier molecular flexibility index (Phi) is 5.50. The summed E-state index contributed by atoms with van der Waals surface area (Å²) in [5.74, 6) is 0.0936. The summed E-state index contributed by atoms with van der Waals surface area (Å²) in [5.41, 5.74) is 1.74. The molecule has 5 nitrogen and oxygen atoms in total. The Hall–Kier alpha value is -1.40. The minimum absolute atomic E-state index is 0.125. The van der Waals surface area contributed by atoms with Crippen LogP contribution in [-0.4, -0.2) is 26.6 Å². The maximum Gasteiger partial charge on any atom is 0.251 e. The first kappa shape index (κ1) is 15.7. The van der Waals surface area contributed by atoms with E-state index in [9.17, 15) is 13.2 Å². The minimum Gasteiger partial charge on any atom is -0.352 e. The van der Waals surface area contributed by atoms with Crippen molar-refractivity contribution < 1.29 is 13.2 Å². The first-order valence-corrected chi connectivity index (χ1v) is 7.90. The predicted octanol–water partition coefficient (Wildman–Crippen LogP) is 1.22. The van der Waals surface area contributed by atoms with Gasteiger partial charge in [-0.25, -0.2) is 13.6 Å². The Morgan fingerprint density at radius 3 is 2.32 bits per heavy atom. The number of primary sulfonamides is 1. The van der Waals surface area contributed by atoms with Gasteiger partial charge in [0.2, 0.25) is 10.0 Å². The van der Waals surface area contributed by atoms with E-state index in [-0.39, 0.29) is 11.7 Å². The van der Waals surface area contributed by atoms with Gasteiger partial charge in [0.25, 0.3) is 5.91 Å². The Morgan fingerprint density at radius 2 is 1.84 bits per heavy atom. The van der Waals surface area contributed by atoms with E-state index < -0.39 is 10.0 Å². The Bertz CT molecular complexity index is 521. The number of sulfonamides is 1. The van der Waals surface area contributed by atoms with Gasteiger partial charge in [-0.1, -0.05) is 26.0 Å². The van der Waals surface area contributed by atoms with Crippen molar-refractivity contribution >= 4 is 15.9 Å². The summed E-state index contributed by atoms with van der Waals surface area (Å²) in [7, 11) is -3.45. The Balaban J connectivity index is 2.45. The summed E-state index contributed by atoms with van der Waals surface area (Å²) in [5, 5.41) is 7.53. The molecule has 1 aromatic rings. The fourth-order valence-electron chi connectivity index (χ4n) is 1.60. The van der Waals surface area contributed by atoms with Gasteiger partial charge in [-0.05, 0) is 30.0 Å². The van der Waals surface area contributed by atoms with Crippen molar-refractivity contribution in [2.45, 2.75) is 26.2 Å². The highest BCUT2D eigenvalue weighted by atomic mass is 32.2. The molecule has 0 saturated carbocycles. The highest BCUT2D eigenvalue weighted by Crippen LogP contribution is 2.14. The van der Waals surface area contributed by atoms with E-state index >= 15 is 0 Å². The largest absolute Gasteiger partial charge is 0.352 e. The summed E-state index contributed by atoms with van der Waals surface area (Å²) in [6, 6.07) is 7.38. The zero-order valence-corrected chi connectivity index (χ0v) is 12.0. The molecule has 0 aliphatic rings. The van der Waals surface area contributed by atoms with Crippen LogP contribution < -0.4 is 10.5 Å². The van der Waals surface area contributed by atoms with Crippen molar-refractivity contribution in [1.29, 1.82) is 0 Å². The van der Waals surface area contributed by atoms with E-state index in [0.717, 1.165) is 0 Å². The summed E-state index contributed by atoms with van der Waals surface area (Å²) in [6.07, 6.45) is 0.314. The van der Waals surface area contributed by atoms with E-state index in [1.807, 2.05) is 12.1 Å². The summed E-state index contributed by atoms with van der Waals surface area (Å²) >= 11 is 0. The van der Waals surface area contributed by atoms with Crippen LogP contribution in [0.2, 0.25) is 0 Å². The maximum atomic E-state index is 11.8. The number of nitrogens with one attached hydrogen (secondary N) is 1. The Morgan fingerprint density at radius 1 is 1.26 bits per heavy atom. The van der Waals surface area contributed by atoms with Gasteiger partial charge < -0.3 is 5.32 Å². The highest BCUT2D eigenvalue weighted by Gasteiger charge is 2.07. The van der Waals surface area contributed by atoms with E-state index in [4.69, 9.17) is 5.14 Å². The standard InChI is InChI=1S/C13H20N2O3S/c1-10(2)11-4-6-12(7-5-11)13(16)15-8-3-9-19(14,17)18/h4-7,10H,3,8-9H2,1-2H3,(H,15,16)(H2,14,17,18). The van der Waals surface area contributed by atoms with Gasteiger partial charge in [0, 0.05) is 12.1 Å². The lowest BCUT2D eigenvalue weighted by Gasteiger charge is -2.07. The first-order valence-electron chi connectivity index (χ1n) is 6.18. The van der Waals surface area contributed by atoms with Crippen LogP contribution in [0, 0.1) is 0 Å². The molecule has 1 aromatic carbocycles. The van der Waals surface area contributed by atoms with Crippen LogP contribution in [0.25, 0.3) is 0 Å². The number of hydrogen-bond donors (Lipinski definition) is 2. The lowest BCUT2D eigenvalue weighted by atomic mass is 10.0. The number of nitrogens with two attached hydrogens (primary N) is 1. The lowest BCUT2D eigenvalue weighted by Crippen LogP contribution is -2.27. The summed E-state index contributed by atoms with van der Waals surface area (Å²) in [4.78, 5) is 11.8. The smallest absolute Gasteiger partial charge is 0.251 e. The van der Waals surface area contributed by atoms with Crippen molar-refractivity contribution in [2.24, 2.45) is 5.14 Å². The predicted molar refractivity (Wildman–Crippen MR) is 75.5 cm³/mol. The Labute approximate surface area is 114 Å². The van der Waals surface area contributed by atoms with Crippen LogP contribution in [0.15, 0.2) is 24.3 Å². The molecule has 0 unspecified atom stereocenters. The topological polar surface area (TPSA) is 89.3 Å². The molecule has 3 N–H and O–H groups in total. The number of benzene rings is 1. The summed E-state index contributed by atoms with van der Waals surface area (Å²) < 4.78 is 21.4. The first-order chi connectivity index (χ1) is 8.79. The van der Waals surface area contributed by atoms with Crippen molar-refractivity contribution in [2.75, 3.05) is 12.3 Å². The van der Waals surface area contributed by atoms with Gasteiger partial charge in [-0.2, -0.15) is 0 Å². The molecular formula is C13H20N2O3S. The zero-order valence-electron chi connectivity index (χ0n) is 11.2.